The second-order valence-corrected chi connectivity index (χ2v) is 3.57. The van der Waals surface area contributed by atoms with Gasteiger partial charge in [-0.1, -0.05) is 36.4 Å². The van der Waals surface area contributed by atoms with Crippen molar-refractivity contribution >= 4 is 0 Å². The van der Waals surface area contributed by atoms with Gasteiger partial charge >= 0.3 is 0 Å². The summed E-state index contributed by atoms with van der Waals surface area (Å²) in [6, 6.07) is 15.6. The van der Waals surface area contributed by atoms with Crippen molar-refractivity contribution in [3.8, 4) is 17.2 Å². The molecule has 2 heterocycles. The Morgan fingerprint density at radius 3 is 2.41 bits per heavy atom. The molecule has 0 unspecified atom stereocenters. The summed E-state index contributed by atoms with van der Waals surface area (Å²) in [5.74, 6) is 1.47. The quantitative estimate of drug-likeness (QED) is 0.668. The number of hydrogen-bond donors (Lipinski definition) is 0. The van der Waals surface area contributed by atoms with E-state index < -0.39 is 0 Å². The predicted molar refractivity (Wildman–Crippen MR) is 64.6 cm³/mol. The molecule has 0 radical (unpaired) electrons. The average Bonchev–Trinajstić information content (AvgIpc) is 2.90. The lowest BCUT2D eigenvalue weighted by molar-refractivity contribution is 0.848. The third-order valence-corrected chi connectivity index (χ3v) is 2.41. The number of aromatic nitrogens is 4. The Labute approximate surface area is 98.6 Å². The molecular formula is C13H10N4. The van der Waals surface area contributed by atoms with Gasteiger partial charge in [0.25, 0.3) is 0 Å². The van der Waals surface area contributed by atoms with Crippen molar-refractivity contribution in [3.63, 3.8) is 0 Å². The van der Waals surface area contributed by atoms with E-state index in [0.717, 1.165) is 11.4 Å². The van der Waals surface area contributed by atoms with E-state index in [0.29, 0.717) is 5.82 Å². The van der Waals surface area contributed by atoms with Gasteiger partial charge in [-0.15, -0.1) is 5.10 Å². The minimum Gasteiger partial charge on any atom is -0.237 e. The highest BCUT2D eigenvalue weighted by Gasteiger charge is 2.04. The van der Waals surface area contributed by atoms with Crippen LogP contribution in [0.25, 0.3) is 17.2 Å². The highest BCUT2D eigenvalue weighted by molar-refractivity contribution is 5.53. The molecule has 4 nitrogen and oxygen atoms in total. The Kier molecular flexibility index (Phi) is 2.38. The van der Waals surface area contributed by atoms with Crippen molar-refractivity contribution in [1.82, 2.24) is 19.7 Å². The van der Waals surface area contributed by atoms with Gasteiger partial charge in [-0.25, -0.2) is 14.6 Å². The molecule has 4 heteroatoms. The fourth-order valence-electron chi connectivity index (χ4n) is 1.58. The van der Waals surface area contributed by atoms with Crippen LogP contribution >= 0.6 is 0 Å². The van der Waals surface area contributed by atoms with E-state index >= 15 is 0 Å². The Balaban J connectivity index is 1.99. The lowest BCUT2D eigenvalue weighted by Gasteiger charge is -1.97. The molecule has 3 aromatic rings. The van der Waals surface area contributed by atoms with Gasteiger partial charge < -0.3 is 0 Å². The van der Waals surface area contributed by atoms with Gasteiger partial charge in [-0.05, 0) is 12.1 Å². The third kappa shape index (κ3) is 1.92. The van der Waals surface area contributed by atoms with Crippen molar-refractivity contribution in [2.75, 3.05) is 0 Å². The van der Waals surface area contributed by atoms with E-state index in [4.69, 9.17) is 0 Å². The molecule has 3 rings (SSSR count). The minimum absolute atomic E-state index is 0.705. The monoisotopic (exact) mass is 222 g/mol. The first-order valence-corrected chi connectivity index (χ1v) is 5.32. The maximum atomic E-state index is 4.39. The van der Waals surface area contributed by atoms with Crippen LogP contribution in [0.3, 0.4) is 0 Å². The molecule has 0 atom stereocenters. The van der Waals surface area contributed by atoms with Crippen LogP contribution in [0.4, 0.5) is 0 Å². The second kappa shape index (κ2) is 4.17. The van der Waals surface area contributed by atoms with Gasteiger partial charge in [0.05, 0.1) is 0 Å². The van der Waals surface area contributed by atoms with Crippen LogP contribution < -0.4 is 0 Å². The van der Waals surface area contributed by atoms with Gasteiger partial charge in [0, 0.05) is 11.8 Å². The van der Waals surface area contributed by atoms with Gasteiger partial charge in [0.2, 0.25) is 0 Å². The molecule has 82 valence electrons. The topological polar surface area (TPSA) is 43.6 Å². The van der Waals surface area contributed by atoms with Crippen LogP contribution in [-0.4, -0.2) is 19.7 Å². The minimum atomic E-state index is 0.705. The van der Waals surface area contributed by atoms with Gasteiger partial charge in [0.1, 0.15) is 6.33 Å². The molecule has 0 saturated carbocycles. The molecule has 17 heavy (non-hydrogen) atoms. The zero-order chi connectivity index (χ0) is 11.5. The molecule has 0 fully saturated rings. The summed E-state index contributed by atoms with van der Waals surface area (Å²) in [7, 11) is 0. The maximum Gasteiger partial charge on any atom is 0.181 e. The molecule has 0 aliphatic carbocycles. The number of pyridine rings is 1. The first-order chi connectivity index (χ1) is 8.43. The van der Waals surface area contributed by atoms with Crippen molar-refractivity contribution in [1.29, 1.82) is 0 Å². The summed E-state index contributed by atoms with van der Waals surface area (Å²) >= 11 is 0. The molecule has 0 amide bonds. The Hall–Kier alpha value is -2.49. The lowest BCUT2D eigenvalue weighted by atomic mass is 10.2. The van der Waals surface area contributed by atoms with E-state index in [-0.39, 0.29) is 0 Å². The summed E-state index contributed by atoms with van der Waals surface area (Å²) in [6.45, 7) is 0. The third-order valence-electron chi connectivity index (χ3n) is 2.41. The van der Waals surface area contributed by atoms with E-state index in [2.05, 4.69) is 15.1 Å². The van der Waals surface area contributed by atoms with Crippen LogP contribution in [0.2, 0.25) is 0 Å². The summed E-state index contributed by atoms with van der Waals surface area (Å²) in [6.07, 6.45) is 3.41. The number of nitrogens with zero attached hydrogens (tertiary/aromatic N) is 4. The first-order valence-electron chi connectivity index (χ1n) is 5.32. The zero-order valence-electron chi connectivity index (χ0n) is 9.06. The second-order valence-electron chi connectivity index (χ2n) is 3.57. The van der Waals surface area contributed by atoms with Crippen LogP contribution in [-0.2, 0) is 0 Å². The van der Waals surface area contributed by atoms with Crippen molar-refractivity contribution in [2.45, 2.75) is 0 Å². The molecule has 0 spiro atoms. The van der Waals surface area contributed by atoms with Crippen molar-refractivity contribution < 1.29 is 0 Å². The predicted octanol–water partition coefficient (Wildman–Crippen LogP) is 2.33. The number of hydrogen-bond acceptors (Lipinski definition) is 3. The van der Waals surface area contributed by atoms with Crippen molar-refractivity contribution in [2.24, 2.45) is 0 Å². The highest BCUT2D eigenvalue weighted by atomic mass is 15.4. The number of benzene rings is 1. The molecule has 1 aromatic carbocycles. The molecular weight excluding hydrogens is 212 g/mol. The van der Waals surface area contributed by atoms with E-state index in [1.165, 1.54) is 0 Å². The summed E-state index contributed by atoms with van der Waals surface area (Å²) in [5.41, 5.74) is 1.00. The van der Waals surface area contributed by atoms with Crippen LogP contribution in [0.1, 0.15) is 0 Å². The molecule has 0 aliphatic heterocycles. The average molecular weight is 222 g/mol. The summed E-state index contributed by atoms with van der Waals surface area (Å²) < 4.78 is 1.67. The largest absolute Gasteiger partial charge is 0.237 e. The van der Waals surface area contributed by atoms with Gasteiger partial charge in [-0.2, -0.15) is 0 Å². The van der Waals surface area contributed by atoms with Gasteiger partial charge in [-0.3, -0.25) is 0 Å². The molecule has 0 bridgehead atoms. The standard InChI is InChI=1S/C13H10N4/c1-2-6-11(7-3-1)13-15-10-17(16-13)12-8-4-5-9-14-12/h1-10H. The molecule has 0 aliphatic rings. The first kappa shape index (κ1) is 9.72. The van der Waals surface area contributed by atoms with Gasteiger partial charge in [0.15, 0.2) is 11.6 Å². The smallest absolute Gasteiger partial charge is 0.181 e. The normalized spacial score (nSPS) is 10.4. The fourth-order valence-corrected chi connectivity index (χ4v) is 1.58. The van der Waals surface area contributed by atoms with E-state index in [1.807, 2.05) is 48.5 Å². The lowest BCUT2D eigenvalue weighted by Crippen LogP contribution is -1.97. The van der Waals surface area contributed by atoms with E-state index in [9.17, 15) is 0 Å². The molecule has 0 N–H and O–H groups in total. The fraction of sp³-hybridized carbons (Fsp3) is 0. The van der Waals surface area contributed by atoms with Crippen LogP contribution in [0, 0.1) is 0 Å². The van der Waals surface area contributed by atoms with Crippen molar-refractivity contribution in [3.05, 3.63) is 61.1 Å². The van der Waals surface area contributed by atoms with E-state index in [1.54, 1.807) is 17.2 Å². The summed E-state index contributed by atoms with van der Waals surface area (Å²) in [5, 5.41) is 4.39. The van der Waals surface area contributed by atoms with Crippen LogP contribution in [0.5, 0.6) is 0 Å². The molecule has 2 aromatic heterocycles. The SMILES string of the molecule is c1ccc(-c2ncn(-c3ccccn3)n2)cc1. The maximum absolute atomic E-state index is 4.39. The Morgan fingerprint density at radius 1 is 0.824 bits per heavy atom. The molecule has 0 saturated heterocycles. The van der Waals surface area contributed by atoms with Crippen LogP contribution in [0.15, 0.2) is 61.1 Å². The highest BCUT2D eigenvalue weighted by Crippen LogP contribution is 2.13. The Bertz CT molecular complexity index is 548. The number of rotatable bonds is 2. The summed E-state index contributed by atoms with van der Waals surface area (Å²) in [4.78, 5) is 8.49. The Morgan fingerprint density at radius 2 is 1.65 bits per heavy atom. The zero-order valence-corrected chi connectivity index (χ0v) is 9.06.